The molecule has 0 unspecified atom stereocenters. The van der Waals surface area contributed by atoms with E-state index in [1.807, 2.05) is 17.0 Å². The van der Waals surface area contributed by atoms with Crippen LogP contribution in [0.1, 0.15) is 18.4 Å². The number of halogens is 2. The molecule has 1 aromatic rings. The number of carbonyl (C=O) groups excluding carboxylic acids is 1. The fourth-order valence-corrected chi connectivity index (χ4v) is 2.63. The Morgan fingerprint density at radius 3 is 2.68 bits per heavy atom. The molecule has 0 aliphatic carbocycles. The summed E-state index contributed by atoms with van der Waals surface area (Å²) in [6.45, 7) is 2.71. The second kappa shape index (κ2) is 7.13. The highest BCUT2D eigenvalue weighted by molar-refractivity contribution is 6.35. The molecule has 0 saturated carbocycles. The van der Waals surface area contributed by atoms with Crippen LogP contribution in [0.3, 0.4) is 0 Å². The summed E-state index contributed by atoms with van der Waals surface area (Å²) >= 11 is 11.9. The van der Waals surface area contributed by atoms with E-state index < -0.39 is 0 Å². The van der Waals surface area contributed by atoms with E-state index in [-0.39, 0.29) is 5.91 Å². The Bertz CT molecular complexity index is 445. The predicted molar refractivity (Wildman–Crippen MR) is 76.8 cm³/mol. The molecule has 1 saturated heterocycles. The minimum absolute atomic E-state index is 0.202. The Labute approximate surface area is 123 Å². The molecule has 3 nitrogen and oxygen atoms in total. The smallest absolute Gasteiger partial charge is 0.222 e. The molecule has 0 aromatic heterocycles. The van der Waals surface area contributed by atoms with Gasteiger partial charge in [-0.2, -0.15) is 0 Å². The van der Waals surface area contributed by atoms with E-state index in [4.69, 9.17) is 27.9 Å². The van der Waals surface area contributed by atoms with Gasteiger partial charge in [0, 0.05) is 29.6 Å². The van der Waals surface area contributed by atoms with Gasteiger partial charge in [0.2, 0.25) is 5.91 Å². The van der Waals surface area contributed by atoms with Crippen LogP contribution in [-0.2, 0) is 16.0 Å². The highest BCUT2D eigenvalue weighted by Crippen LogP contribution is 2.22. The van der Waals surface area contributed by atoms with Gasteiger partial charge < -0.3 is 9.64 Å². The number of hydrogen-bond acceptors (Lipinski definition) is 2. The van der Waals surface area contributed by atoms with Gasteiger partial charge in [-0.15, -0.1) is 0 Å². The molecule has 19 heavy (non-hydrogen) atoms. The average Bonchev–Trinajstić information content (AvgIpc) is 2.42. The van der Waals surface area contributed by atoms with Gasteiger partial charge in [0.1, 0.15) is 0 Å². The fraction of sp³-hybridized carbons (Fsp3) is 0.500. The topological polar surface area (TPSA) is 29.5 Å². The van der Waals surface area contributed by atoms with Crippen LogP contribution >= 0.6 is 23.2 Å². The number of aryl methyl sites for hydroxylation is 1. The lowest BCUT2D eigenvalue weighted by Gasteiger charge is -2.26. The zero-order chi connectivity index (χ0) is 13.7. The zero-order valence-electron chi connectivity index (χ0n) is 10.7. The second-order valence-electron chi connectivity index (χ2n) is 4.58. The highest BCUT2D eigenvalue weighted by atomic mass is 35.5. The molecular weight excluding hydrogens is 285 g/mol. The Balaban J connectivity index is 1.78. The average molecular weight is 302 g/mol. The summed E-state index contributed by atoms with van der Waals surface area (Å²) in [6.07, 6.45) is 2.16. The molecule has 1 heterocycles. The summed E-state index contributed by atoms with van der Waals surface area (Å²) in [5.74, 6) is 0.202. The van der Waals surface area contributed by atoms with E-state index in [2.05, 4.69) is 0 Å². The van der Waals surface area contributed by atoms with Crippen molar-refractivity contribution in [2.24, 2.45) is 0 Å². The van der Waals surface area contributed by atoms with E-state index >= 15 is 0 Å². The van der Waals surface area contributed by atoms with Gasteiger partial charge in [-0.05, 0) is 30.5 Å². The van der Waals surface area contributed by atoms with Crippen LogP contribution in [0.25, 0.3) is 0 Å². The zero-order valence-corrected chi connectivity index (χ0v) is 12.2. The minimum Gasteiger partial charge on any atom is -0.378 e. The second-order valence-corrected chi connectivity index (χ2v) is 5.43. The van der Waals surface area contributed by atoms with Gasteiger partial charge in [-0.1, -0.05) is 29.3 Å². The lowest BCUT2D eigenvalue weighted by molar-refractivity contribution is -0.135. The highest BCUT2D eigenvalue weighted by Gasteiger charge is 2.16. The maximum absolute atomic E-state index is 11.9. The molecule has 1 fully saturated rings. The molecule has 0 spiro atoms. The molecule has 2 rings (SSSR count). The Morgan fingerprint density at radius 2 is 2.00 bits per heavy atom. The summed E-state index contributed by atoms with van der Waals surface area (Å²) in [6, 6.07) is 5.48. The first-order chi connectivity index (χ1) is 9.16. The monoisotopic (exact) mass is 301 g/mol. The number of hydrogen-bond donors (Lipinski definition) is 0. The molecule has 104 valence electrons. The van der Waals surface area contributed by atoms with Crippen LogP contribution in [0.5, 0.6) is 0 Å². The molecule has 0 atom stereocenters. The lowest BCUT2D eigenvalue weighted by atomic mass is 10.1. The third-order valence-electron chi connectivity index (χ3n) is 3.22. The molecule has 1 aliphatic rings. The molecular formula is C14H17Cl2NO2. The molecule has 1 amide bonds. The number of amides is 1. The lowest BCUT2D eigenvalue weighted by Crippen LogP contribution is -2.40. The number of morpholine rings is 1. The third-order valence-corrected chi connectivity index (χ3v) is 3.80. The van der Waals surface area contributed by atoms with Gasteiger partial charge in [0.05, 0.1) is 13.2 Å². The van der Waals surface area contributed by atoms with Crippen LogP contribution in [0.2, 0.25) is 10.0 Å². The van der Waals surface area contributed by atoms with Crippen molar-refractivity contribution in [3.8, 4) is 0 Å². The van der Waals surface area contributed by atoms with Crippen LogP contribution in [0, 0.1) is 0 Å². The normalized spacial score (nSPS) is 15.6. The van der Waals surface area contributed by atoms with Crippen molar-refractivity contribution in [1.29, 1.82) is 0 Å². The first-order valence-corrected chi connectivity index (χ1v) is 7.22. The molecule has 1 aliphatic heterocycles. The summed E-state index contributed by atoms with van der Waals surface area (Å²) in [5.41, 5.74) is 1.04. The largest absolute Gasteiger partial charge is 0.378 e. The van der Waals surface area contributed by atoms with Gasteiger partial charge in [-0.3, -0.25) is 4.79 Å². The Kier molecular flexibility index (Phi) is 5.49. The van der Waals surface area contributed by atoms with Gasteiger partial charge in [-0.25, -0.2) is 0 Å². The predicted octanol–water partition coefficient (Wildman–Crippen LogP) is 3.17. The SMILES string of the molecule is O=C(CCCc1ccc(Cl)cc1Cl)N1CCOCC1. The quantitative estimate of drug-likeness (QED) is 0.855. The number of ether oxygens (including phenoxy) is 1. The summed E-state index contributed by atoms with van der Waals surface area (Å²) < 4.78 is 5.23. The van der Waals surface area contributed by atoms with E-state index in [1.165, 1.54) is 0 Å². The Hall–Kier alpha value is -0.770. The van der Waals surface area contributed by atoms with Gasteiger partial charge in [0.25, 0.3) is 0 Å². The molecule has 0 N–H and O–H groups in total. The van der Waals surface area contributed by atoms with Crippen LogP contribution in [0.15, 0.2) is 18.2 Å². The number of nitrogens with zero attached hydrogens (tertiary/aromatic N) is 1. The number of rotatable bonds is 4. The standard InChI is InChI=1S/C14H17Cl2NO2/c15-12-5-4-11(13(16)10-12)2-1-3-14(18)17-6-8-19-9-7-17/h4-5,10H,1-3,6-9H2. The van der Waals surface area contributed by atoms with E-state index in [0.717, 1.165) is 18.4 Å². The van der Waals surface area contributed by atoms with Crippen molar-refractivity contribution < 1.29 is 9.53 Å². The molecule has 5 heteroatoms. The minimum atomic E-state index is 0.202. The van der Waals surface area contributed by atoms with Crippen molar-refractivity contribution in [2.75, 3.05) is 26.3 Å². The van der Waals surface area contributed by atoms with Crippen molar-refractivity contribution >= 4 is 29.1 Å². The third kappa shape index (κ3) is 4.37. The molecule has 1 aromatic carbocycles. The number of carbonyl (C=O) groups is 1. The van der Waals surface area contributed by atoms with Crippen LogP contribution in [-0.4, -0.2) is 37.1 Å². The maximum atomic E-state index is 11.9. The van der Waals surface area contributed by atoms with Crippen LogP contribution < -0.4 is 0 Å². The van der Waals surface area contributed by atoms with E-state index in [9.17, 15) is 4.79 Å². The summed E-state index contributed by atoms with van der Waals surface area (Å²) in [5, 5.41) is 1.31. The van der Waals surface area contributed by atoms with E-state index in [1.54, 1.807) is 6.07 Å². The first-order valence-electron chi connectivity index (χ1n) is 6.46. The van der Waals surface area contributed by atoms with Gasteiger partial charge >= 0.3 is 0 Å². The van der Waals surface area contributed by atoms with Crippen molar-refractivity contribution in [3.63, 3.8) is 0 Å². The van der Waals surface area contributed by atoms with Gasteiger partial charge in [0.15, 0.2) is 0 Å². The summed E-state index contributed by atoms with van der Waals surface area (Å²) in [7, 11) is 0. The molecule has 0 radical (unpaired) electrons. The van der Waals surface area contributed by atoms with Crippen molar-refractivity contribution in [1.82, 2.24) is 4.90 Å². The van der Waals surface area contributed by atoms with Crippen molar-refractivity contribution in [2.45, 2.75) is 19.3 Å². The first kappa shape index (κ1) is 14.6. The molecule has 0 bridgehead atoms. The van der Waals surface area contributed by atoms with Crippen LogP contribution in [0.4, 0.5) is 0 Å². The Morgan fingerprint density at radius 1 is 1.26 bits per heavy atom. The fourth-order valence-electron chi connectivity index (χ4n) is 2.13. The number of benzene rings is 1. The summed E-state index contributed by atoms with van der Waals surface area (Å²) in [4.78, 5) is 13.8. The maximum Gasteiger partial charge on any atom is 0.222 e. The van der Waals surface area contributed by atoms with Crippen molar-refractivity contribution in [3.05, 3.63) is 33.8 Å². The van der Waals surface area contributed by atoms with E-state index in [0.29, 0.717) is 42.8 Å².